The molecule has 1 aromatic rings. The van der Waals surface area contributed by atoms with Gasteiger partial charge in [0.2, 0.25) is 0 Å². The highest BCUT2D eigenvalue weighted by Crippen LogP contribution is 2.35. The van der Waals surface area contributed by atoms with Gasteiger partial charge in [0.05, 0.1) is 11.6 Å². The van der Waals surface area contributed by atoms with E-state index in [9.17, 15) is 4.79 Å². The summed E-state index contributed by atoms with van der Waals surface area (Å²) in [5.74, 6) is -0.335. The predicted octanol–water partition coefficient (Wildman–Crippen LogP) is 2.90. The smallest absolute Gasteiger partial charge is 0.356 e. The molecule has 86 valence electrons. The van der Waals surface area contributed by atoms with E-state index in [4.69, 9.17) is 4.74 Å². The van der Waals surface area contributed by atoms with E-state index in [-0.39, 0.29) is 5.97 Å². The summed E-state index contributed by atoms with van der Waals surface area (Å²) in [7, 11) is 0. The van der Waals surface area contributed by atoms with Crippen molar-refractivity contribution in [3.8, 4) is 0 Å². The van der Waals surface area contributed by atoms with Gasteiger partial charge in [-0.3, -0.25) is 0 Å². The quantitative estimate of drug-likeness (QED) is 0.755. The molecule has 0 spiro atoms. The fourth-order valence-corrected chi connectivity index (χ4v) is 2.68. The van der Waals surface area contributed by atoms with Crippen molar-refractivity contribution in [3.63, 3.8) is 0 Å². The van der Waals surface area contributed by atoms with Crippen molar-refractivity contribution in [3.05, 3.63) is 23.9 Å². The summed E-state index contributed by atoms with van der Waals surface area (Å²) in [4.78, 5) is 15.8. The molecule has 1 saturated carbocycles. The maximum atomic E-state index is 11.5. The number of ether oxygens (including phenoxy) is 1. The Balaban J connectivity index is 2.03. The van der Waals surface area contributed by atoms with Crippen LogP contribution in [0.4, 0.5) is 0 Å². The largest absolute Gasteiger partial charge is 0.461 e. The number of hydrogen-bond acceptors (Lipinski definition) is 4. The van der Waals surface area contributed by atoms with Crippen molar-refractivity contribution in [1.82, 2.24) is 4.98 Å². The predicted molar refractivity (Wildman–Crippen MR) is 63.7 cm³/mol. The Hall–Kier alpha value is -1.03. The van der Waals surface area contributed by atoms with E-state index in [1.807, 2.05) is 12.1 Å². The van der Waals surface area contributed by atoms with Gasteiger partial charge in [0, 0.05) is 5.25 Å². The lowest BCUT2D eigenvalue weighted by molar-refractivity contribution is 0.0518. The Bertz CT molecular complexity index is 377. The molecule has 0 amide bonds. The molecule has 1 aliphatic carbocycles. The summed E-state index contributed by atoms with van der Waals surface area (Å²) in [6.45, 7) is 2.19. The van der Waals surface area contributed by atoms with Crippen LogP contribution in [0.5, 0.6) is 0 Å². The number of esters is 1. The number of hydrogen-bond donors (Lipinski definition) is 0. The number of pyridine rings is 1. The second-order valence-corrected chi connectivity index (χ2v) is 5.07. The van der Waals surface area contributed by atoms with Crippen LogP contribution in [0.3, 0.4) is 0 Å². The van der Waals surface area contributed by atoms with E-state index in [0.29, 0.717) is 17.6 Å². The fraction of sp³-hybridized carbons (Fsp3) is 0.500. The SMILES string of the molecule is CCOC(=O)c1cccc(SC2CCC2)n1. The van der Waals surface area contributed by atoms with Crippen LogP contribution < -0.4 is 0 Å². The summed E-state index contributed by atoms with van der Waals surface area (Å²) in [6.07, 6.45) is 3.83. The normalized spacial score (nSPS) is 15.6. The van der Waals surface area contributed by atoms with Gasteiger partial charge in [0.25, 0.3) is 0 Å². The Morgan fingerprint density at radius 1 is 1.56 bits per heavy atom. The van der Waals surface area contributed by atoms with Gasteiger partial charge in [0.15, 0.2) is 0 Å². The van der Waals surface area contributed by atoms with Crippen LogP contribution in [0.15, 0.2) is 23.2 Å². The van der Waals surface area contributed by atoms with Crippen LogP contribution in [0.2, 0.25) is 0 Å². The monoisotopic (exact) mass is 237 g/mol. The van der Waals surface area contributed by atoms with E-state index >= 15 is 0 Å². The molecule has 0 bridgehead atoms. The standard InChI is InChI=1S/C12H15NO2S/c1-2-15-12(14)10-7-4-8-11(13-10)16-9-5-3-6-9/h4,7-9H,2-3,5-6H2,1H3. The number of nitrogens with zero attached hydrogens (tertiary/aromatic N) is 1. The number of carbonyl (C=O) groups excluding carboxylic acids is 1. The molecular weight excluding hydrogens is 222 g/mol. The third kappa shape index (κ3) is 2.76. The molecule has 4 heteroatoms. The molecule has 1 fully saturated rings. The van der Waals surface area contributed by atoms with Gasteiger partial charge in [-0.15, -0.1) is 11.8 Å². The molecule has 1 heterocycles. The molecule has 0 unspecified atom stereocenters. The Morgan fingerprint density at radius 2 is 2.38 bits per heavy atom. The van der Waals surface area contributed by atoms with Gasteiger partial charge < -0.3 is 4.74 Å². The highest BCUT2D eigenvalue weighted by Gasteiger charge is 2.19. The van der Waals surface area contributed by atoms with Gasteiger partial charge >= 0.3 is 5.97 Å². The average molecular weight is 237 g/mol. The zero-order valence-corrected chi connectivity index (χ0v) is 10.1. The van der Waals surface area contributed by atoms with Crippen molar-refractivity contribution in [2.75, 3.05) is 6.61 Å². The summed E-state index contributed by atoms with van der Waals surface area (Å²) in [6, 6.07) is 5.51. The van der Waals surface area contributed by atoms with E-state index in [0.717, 1.165) is 5.03 Å². The first-order chi connectivity index (χ1) is 7.79. The number of thioether (sulfide) groups is 1. The van der Waals surface area contributed by atoms with Crippen molar-refractivity contribution >= 4 is 17.7 Å². The Morgan fingerprint density at radius 3 is 3.00 bits per heavy atom. The number of carbonyl (C=O) groups is 1. The maximum Gasteiger partial charge on any atom is 0.356 e. The van der Waals surface area contributed by atoms with Crippen LogP contribution in [-0.2, 0) is 4.74 Å². The molecule has 0 aliphatic heterocycles. The van der Waals surface area contributed by atoms with Crippen molar-refractivity contribution in [1.29, 1.82) is 0 Å². The Labute approximate surface area is 99.6 Å². The molecule has 0 N–H and O–H groups in total. The van der Waals surface area contributed by atoms with Gasteiger partial charge in [-0.25, -0.2) is 9.78 Å². The van der Waals surface area contributed by atoms with Crippen molar-refractivity contribution in [2.24, 2.45) is 0 Å². The molecule has 1 aliphatic rings. The van der Waals surface area contributed by atoms with E-state index < -0.39 is 0 Å². The minimum Gasteiger partial charge on any atom is -0.461 e. The van der Waals surface area contributed by atoms with Crippen molar-refractivity contribution in [2.45, 2.75) is 36.5 Å². The van der Waals surface area contributed by atoms with Gasteiger partial charge in [-0.2, -0.15) is 0 Å². The maximum absolute atomic E-state index is 11.5. The molecule has 0 saturated heterocycles. The number of rotatable bonds is 4. The summed E-state index contributed by atoms with van der Waals surface area (Å²) in [5, 5.41) is 1.61. The fourth-order valence-electron chi connectivity index (χ4n) is 1.46. The topological polar surface area (TPSA) is 39.2 Å². The summed E-state index contributed by atoms with van der Waals surface area (Å²) in [5.41, 5.74) is 0.408. The first kappa shape index (κ1) is 11.5. The lowest BCUT2D eigenvalue weighted by atomic mass is 10.0. The molecule has 2 rings (SSSR count). The average Bonchev–Trinajstić information content (AvgIpc) is 2.24. The molecule has 1 aromatic heterocycles. The first-order valence-electron chi connectivity index (χ1n) is 5.60. The van der Waals surface area contributed by atoms with E-state index in [2.05, 4.69) is 4.98 Å². The lowest BCUT2D eigenvalue weighted by Crippen LogP contribution is -2.13. The minimum absolute atomic E-state index is 0.335. The van der Waals surface area contributed by atoms with Crippen LogP contribution >= 0.6 is 11.8 Å². The van der Waals surface area contributed by atoms with Crippen LogP contribution in [-0.4, -0.2) is 22.8 Å². The van der Waals surface area contributed by atoms with Crippen LogP contribution in [0.1, 0.15) is 36.7 Å². The second-order valence-electron chi connectivity index (χ2n) is 3.75. The highest BCUT2D eigenvalue weighted by atomic mass is 32.2. The lowest BCUT2D eigenvalue weighted by Gasteiger charge is -2.23. The molecular formula is C12H15NO2S. The van der Waals surface area contributed by atoms with Gasteiger partial charge in [-0.1, -0.05) is 12.5 Å². The third-order valence-electron chi connectivity index (χ3n) is 2.55. The number of aromatic nitrogens is 1. The minimum atomic E-state index is -0.335. The van der Waals surface area contributed by atoms with Gasteiger partial charge in [0.1, 0.15) is 5.69 Å². The van der Waals surface area contributed by atoms with E-state index in [1.165, 1.54) is 19.3 Å². The molecule has 0 aromatic carbocycles. The molecule has 16 heavy (non-hydrogen) atoms. The van der Waals surface area contributed by atoms with Crippen molar-refractivity contribution < 1.29 is 9.53 Å². The first-order valence-corrected chi connectivity index (χ1v) is 6.48. The van der Waals surface area contributed by atoms with Gasteiger partial charge in [-0.05, 0) is 31.9 Å². The second kappa shape index (κ2) is 5.34. The van der Waals surface area contributed by atoms with E-state index in [1.54, 1.807) is 24.8 Å². The molecule has 3 nitrogen and oxygen atoms in total. The van der Waals surface area contributed by atoms with Crippen LogP contribution in [0, 0.1) is 0 Å². The molecule has 0 radical (unpaired) electrons. The summed E-state index contributed by atoms with van der Waals surface area (Å²) < 4.78 is 4.92. The van der Waals surface area contributed by atoms with Crippen LogP contribution in [0.25, 0.3) is 0 Å². The highest BCUT2D eigenvalue weighted by molar-refractivity contribution is 7.99. The summed E-state index contributed by atoms with van der Waals surface area (Å²) >= 11 is 1.76. The zero-order valence-electron chi connectivity index (χ0n) is 9.31. The Kier molecular flexibility index (Phi) is 3.83. The zero-order chi connectivity index (χ0) is 11.4. The third-order valence-corrected chi connectivity index (χ3v) is 3.82. The molecule has 0 atom stereocenters.